The van der Waals surface area contributed by atoms with Crippen LogP contribution in [0.2, 0.25) is 0 Å². The summed E-state index contributed by atoms with van der Waals surface area (Å²) in [5.41, 5.74) is 1.48. The number of rotatable bonds is 8. The number of alkyl halides is 1. The number of hydrogen-bond donors (Lipinski definition) is 1. The van der Waals surface area contributed by atoms with Gasteiger partial charge in [0.2, 0.25) is 0 Å². The van der Waals surface area contributed by atoms with Crippen LogP contribution in [0, 0.1) is 6.92 Å². The van der Waals surface area contributed by atoms with Crippen LogP contribution < -0.4 is 0 Å². The third-order valence-corrected chi connectivity index (χ3v) is 4.28. The fraction of sp³-hybridized carbons (Fsp3) is 0.600. The Morgan fingerprint density at radius 1 is 1.25 bits per heavy atom. The van der Waals surface area contributed by atoms with Crippen LogP contribution in [0.15, 0.2) is 23.1 Å². The molecule has 0 radical (unpaired) electrons. The normalized spacial score (nSPS) is 13.4. The fourth-order valence-corrected chi connectivity index (χ4v) is 2.69. The maximum Gasteiger partial charge on any atom is 0.294 e. The second-order valence-corrected chi connectivity index (χ2v) is 6.64. The molecule has 0 saturated carbocycles. The molecule has 0 aliphatic carbocycles. The first-order valence-corrected chi connectivity index (χ1v) is 8.49. The SMILES string of the molecule is CCCCCC[C@H](F)Cc1cc(S(=O)(=O)O)ccc1C. The molecule has 3 nitrogen and oxygen atoms in total. The number of unbranched alkanes of at least 4 members (excludes halogenated alkanes) is 3. The van der Waals surface area contributed by atoms with Crippen LogP contribution in [0.1, 0.15) is 50.2 Å². The molecule has 0 fully saturated rings. The maximum atomic E-state index is 13.9. The van der Waals surface area contributed by atoms with Gasteiger partial charge in [0.15, 0.2) is 0 Å². The summed E-state index contributed by atoms with van der Waals surface area (Å²) in [5, 5.41) is 0. The average Bonchev–Trinajstić information content (AvgIpc) is 2.36. The van der Waals surface area contributed by atoms with Crippen molar-refractivity contribution in [2.75, 3.05) is 0 Å². The largest absolute Gasteiger partial charge is 0.294 e. The molecular formula is C15H23FO3S. The zero-order valence-corrected chi connectivity index (χ0v) is 12.9. The summed E-state index contributed by atoms with van der Waals surface area (Å²) in [6.07, 6.45) is 3.84. The summed E-state index contributed by atoms with van der Waals surface area (Å²) < 4.78 is 45.1. The molecule has 5 heteroatoms. The van der Waals surface area contributed by atoms with Gasteiger partial charge in [-0.15, -0.1) is 0 Å². The van der Waals surface area contributed by atoms with Gasteiger partial charge in [-0.2, -0.15) is 8.42 Å². The molecule has 0 aromatic heterocycles. The van der Waals surface area contributed by atoms with E-state index in [4.69, 9.17) is 4.55 Å². The number of aryl methyl sites for hydroxylation is 1. The van der Waals surface area contributed by atoms with Gasteiger partial charge in [0.1, 0.15) is 6.17 Å². The number of hydrogen-bond acceptors (Lipinski definition) is 2. The summed E-state index contributed by atoms with van der Waals surface area (Å²) in [6.45, 7) is 3.92. The van der Waals surface area contributed by atoms with Crippen molar-refractivity contribution in [1.82, 2.24) is 0 Å². The average molecular weight is 302 g/mol. The Morgan fingerprint density at radius 3 is 2.55 bits per heavy atom. The summed E-state index contributed by atoms with van der Waals surface area (Å²) in [5.74, 6) is 0. The van der Waals surface area contributed by atoms with Gasteiger partial charge in [0.25, 0.3) is 10.1 Å². The molecule has 0 heterocycles. The molecule has 0 aliphatic rings. The van der Waals surface area contributed by atoms with E-state index in [1.165, 1.54) is 12.1 Å². The van der Waals surface area contributed by atoms with E-state index in [2.05, 4.69) is 6.92 Å². The van der Waals surface area contributed by atoms with Crippen LogP contribution in [0.3, 0.4) is 0 Å². The van der Waals surface area contributed by atoms with Gasteiger partial charge >= 0.3 is 0 Å². The third kappa shape index (κ3) is 5.59. The first-order valence-electron chi connectivity index (χ1n) is 7.05. The van der Waals surface area contributed by atoms with E-state index >= 15 is 0 Å². The van der Waals surface area contributed by atoms with E-state index < -0.39 is 16.3 Å². The Hall–Kier alpha value is -0.940. The molecule has 0 bridgehead atoms. The predicted octanol–water partition coefficient (Wildman–Crippen LogP) is 4.09. The molecule has 114 valence electrons. The molecule has 1 aromatic carbocycles. The molecular weight excluding hydrogens is 279 g/mol. The summed E-state index contributed by atoms with van der Waals surface area (Å²) in [7, 11) is -4.22. The summed E-state index contributed by atoms with van der Waals surface area (Å²) in [4.78, 5) is -0.170. The highest BCUT2D eigenvalue weighted by Gasteiger charge is 2.14. The molecule has 0 spiro atoms. The summed E-state index contributed by atoms with van der Waals surface area (Å²) in [6, 6.07) is 4.30. The van der Waals surface area contributed by atoms with E-state index in [0.29, 0.717) is 12.0 Å². The molecule has 1 atom stereocenters. The lowest BCUT2D eigenvalue weighted by molar-refractivity contribution is 0.302. The third-order valence-electron chi connectivity index (χ3n) is 3.43. The monoisotopic (exact) mass is 302 g/mol. The molecule has 1 N–H and O–H groups in total. The van der Waals surface area contributed by atoms with Crippen molar-refractivity contribution in [3.8, 4) is 0 Å². The molecule has 1 aromatic rings. The van der Waals surface area contributed by atoms with Crippen molar-refractivity contribution < 1.29 is 17.4 Å². The number of benzene rings is 1. The highest BCUT2D eigenvalue weighted by molar-refractivity contribution is 7.85. The van der Waals surface area contributed by atoms with Crippen molar-refractivity contribution in [2.45, 2.75) is 63.4 Å². The van der Waals surface area contributed by atoms with Crippen LogP contribution in [0.4, 0.5) is 4.39 Å². The van der Waals surface area contributed by atoms with Gasteiger partial charge in [-0.1, -0.05) is 38.7 Å². The minimum atomic E-state index is -4.22. The second-order valence-electron chi connectivity index (χ2n) is 5.21. The standard InChI is InChI=1S/C15H23FO3S/c1-3-4-5-6-7-14(16)10-13-11-15(20(17,18)19)9-8-12(13)2/h8-9,11,14H,3-7,10H2,1-2H3,(H,17,18,19)/t14-/m0/s1. The highest BCUT2D eigenvalue weighted by atomic mass is 32.2. The highest BCUT2D eigenvalue weighted by Crippen LogP contribution is 2.20. The van der Waals surface area contributed by atoms with Gasteiger partial charge in [-0.25, -0.2) is 4.39 Å². The Labute approximate surface area is 121 Å². The van der Waals surface area contributed by atoms with Crippen molar-refractivity contribution in [3.05, 3.63) is 29.3 Å². The smallest absolute Gasteiger partial charge is 0.282 e. The zero-order chi connectivity index (χ0) is 15.2. The van der Waals surface area contributed by atoms with Crippen LogP contribution in [-0.2, 0) is 16.5 Å². The van der Waals surface area contributed by atoms with Crippen molar-refractivity contribution >= 4 is 10.1 Å². The van der Waals surface area contributed by atoms with E-state index in [0.717, 1.165) is 31.2 Å². The Bertz CT molecular complexity index is 526. The molecule has 0 unspecified atom stereocenters. The lowest BCUT2D eigenvalue weighted by atomic mass is 10.00. The molecule has 0 amide bonds. The van der Waals surface area contributed by atoms with Crippen LogP contribution in [0.5, 0.6) is 0 Å². The topological polar surface area (TPSA) is 54.4 Å². The zero-order valence-electron chi connectivity index (χ0n) is 12.1. The van der Waals surface area contributed by atoms with Gasteiger partial charge in [-0.3, -0.25) is 4.55 Å². The van der Waals surface area contributed by atoms with Gasteiger partial charge in [0, 0.05) is 6.42 Å². The minimum Gasteiger partial charge on any atom is -0.282 e. The quantitative estimate of drug-likeness (QED) is 0.581. The lowest BCUT2D eigenvalue weighted by Gasteiger charge is -2.11. The Kier molecular flexibility index (Phi) is 6.62. The van der Waals surface area contributed by atoms with E-state index in [1.54, 1.807) is 6.07 Å². The van der Waals surface area contributed by atoms with E-state index in [9.17, 15) is 12.8 Å². The molecule has 1 rings (SSSR count). The van der Waals surface area contributed by atoms with Gasteiger partial charge < -0.3 is 0 Å². The van der Waals surface area contributed by atoms with Crippen molar-refractivity contribution in [3.63, 3.8) is 0 Å². The number of halogens is 1. The fourth-order valence-electron chi connectivity index (χ4n) is 2.16. The van der Waals surface area contributed by atoms with Crippen molar-refractivity contribution in [2.24, 2.45) is 0 Å². The summed E-state index contributed by atoms with van der Waals surface area (Å²) >= 11 is 0. The maximum absolute atomic E-state index is 13.9. The predicted molar refractivity (Wildman–Crippen MR) is 78.4 cm³/mol. The van der Waals surface area contributed by atoms with Gasteiger partial charge in [-0.05, 0) is 36.6 Å². The van der Waals surface area contributed by atoms with Gasteiger partial charge in [0.05, 0.1) is 4.90 Å². The van der Waals surface area contributed by atoms with Crippen LogP contribution >= 0.6 is 0 Å². The first-order chi connectivity index (χ1) is 9.34. The van der Waals surface area contributed by atoms with Crippen LogP contribution in [-0.4, -0.2) is 19.1 Å². The first kappa shape index (κ1) is 17.1. The molecule has 20 heavy (non-hydrogen) atoms. The minimum absolute atomic E-state index is 0.170. The lowest BCUT2D eigenvalue weighted by Crippen LogP contribution is -2.08. The van der Waals surface area contributed by atoms with Crippen molar-refractivity contribution in [1.29, 1.82) is 0 Å². The Morgan fingerprint density at radius 2 is 1.95 bits per heavy atom. The van der Waals surface area contributed by atoms with E-state index in [-0.39, 0.29) is 11.3 Å². The Balaban J connectivity index is 2.67. The van der Waals surface area contributed by atoms with Crippen LogP contribution in [0.25, 0.3) is 0 Å². The molecule has 0 aliphatic heterocycles. The second kappa shape index (κ2) is 7.74. The van der Waals surface area contributed by atoms with E-state index in [1.807, 2.05) is 6.92 Å². The molecule has 0 saturated heterocycles.